The average Bonchev–Trinajstić information content (AvgIpc) is 2.31. The van der Waals surface area contributed by atoms with Crippen LogP contribution in [0.25, 0.3) is 0 Å². The quantitative estimate of drug-likeness (QED) is 0.582. The lowest BCUT2D eigenvalue weighted by Gasteiger charge is -2.23. The van der Waals surface area contributed by atoms with Gasteiger partial charge in [-0.15, -0.1) is 0 Å². The van der Waals surface area contributed by atoms with Gasteiger partial charge in [0, 0.05) is 12.8 Å². The number of carbonyl (C=O) groups is 1. The van der Waals surface area contributed by atoms with E-state index in [1.807, 2.05) is 13.8 Å². The molecule has 0 atom stereocenters. The number of aliphatic imine (C=N–C) groups is 1. The summed E-state index contributed by atoms with van der Waals surface area (Å²) in [6.07, 6.45) is 3.09. The van der Waals surface area contributed by atoms with Gasteiger partial charge in [0.15, 0.2) is 5.82 Å². The van der Waals surface area contributed by atoms with Crippen LogP contribution in [0.4, 0.5) is 0 Å². The molecule has 0 bridgehead atoms. The van der Waals surface area contributed by atoms with Crippen molar-refractivity contribution in [1.82, 2.24) is 4.90 Å². The van der Waals surface area contributed by atoms with Crippen LogP contribution >= 0.6 is 0 Å². The zero-order valence-electron chi connectivity index (χ0n) is 11.1. The van der Waals surface area contributed by atoms with E-state index in [0.29, 0.717) is 18.3 Å². The predicted molar refractivity (Wildman–Crippen MR) is 74.0 cm³/mol. The van der Waals surface area contributed by atoms with Crippen molar-refractivity contribution in [3.63, 3.8) is 0 Å². The Morgan fingerprint density at radius 2 is 2.06 bits per heavy atom. The van der Waals surface area contributed by atoms with Crippen LogP contribution in [0.2, 0.25) is 0 Å². The molecule has 1 amide bonds. The molecule has 0 heterocycles. The maximum atomic E-state index is 11.0. The summed E-state index contributed by atoms with van der Waals surface area (Å²) in [5, 5.41) is 7.52. The molecule has 0 aliphatic rings. The summed E-state index contributed by atoms with van der Waals surface area (Å²) >= 11 is 0. The Balaban J connectivity index is 5.51. The van der Waals surface area contributed by atoms with Crippen LogP contribution in [0.15, 0.2) is 29.3 Å². The minimum atomic E-state index is -0.884. The number of hydrogen-bond donors (Lipinski definition) is 3. The van der Waals surface area contributed by atoms with Gasteiger partial charge in [0.05, 0.1) is 0 Å². The van der Waals surface area contributed by atoms with E-state index < -0.39 is 11.6 Å². The second-order valence-corrected chi connectivity index (χ2v) is 4.09. The molecule has 18 heavy (non-hydrogen) atoms. The predicted octanol–water partition coefficient (Wildman–Crippen LogP) is 0.811. The van der Waals surface area contributed by atoms with E-state index in [0.717, 1.165) is 0 Å². The van der Waals surface area contributed by atoms with Crippen molar-refractivity contribution >= 4 is 17.8 Å². The van der Waals surface area contributed by atoms with E-state index in [1.165, 1.54) is 6.21 Å². The Morgan fingerprint density at radius 3 is 2.39 bits per heavy atom. The molecule has 0 spiro atoms. The molecule has 6 nitrogen and oxygen atoms in total. The van der Waals surface area contributed by atoms with E-state index >= 15 is 0 Å². The van der Waals surface area contributed by atoms with Crippen LogP contribution in [-0.4, -0.2) is 29.3 Å². The number of nitrogens with zero attached hydrogens (tertiary/aromatic N) is 2. The number of primary amides is 1. The zero-order chi connectivity index (χ0) is 14.3. The molecule has 0 unspecified atom stereocenters. The normalized spacial score (nSPS) is 12.4. The summed E-state index contributed by atoms with van der Waals surface area (Å²) in [6.45, 7) is 10.1. The SMILES string of the molecule is C=CN(CC(C)C)C(/N=C\C)=C(\N)C(=N)C(N)=O. The molecule has 0 fully saturated rings. The highest BCUT2D eigenvalue weighted by atomic mass is 16.1. The van der Waals surface area contributed by atoms with Crippen molar-refractivity contribution in [3.8, 4) is 0 Å². The fourth-order valence-electron chi connectivity index (χ4n) is 1.31. The van der Waals surface area contributed by atoms with Crippen molar-refractivity contribution in [1.29, 1.82) is 5.41 Å². The summed E-state index contributed by atoms with van der Waals surface area (Å²) in [5.74, 6) is -0.226. The van der Waals surface area contributed by atoms with E-state index in [1.54, 1.807) is 18.0 Å². The Kier molecular flexibility index (Phi) is 6.41. The van der Waals surface area contributed by atoms with Crippen LogP contribution in [0, 0.1) is 11.3 Å². The van der Waals surface area contributed by atoms with Gasteiger partial charge >= 0.3 is 0 Å². The molecule has 0 aliphatic heterocycles. The highest BCUT2D eigenvalue weighted by molar-refractivity contribution is 6.43. The summed E-state index contributed by atoms with van der Waals surface area (Å²) < 4.78 is 0. The fourth-order valence-corrected chi connectivity index (χ4v) is 1.31. The monoisotopic (exact) mass is 251 g/mol. The second-order valence-electron chi connectivity index (χ2n) is 4.09. The maximum absolute atomic E-state index is 11.0. The molecule has 6 heteroatoms. The number of amides is 1. The lowest BCUT2D eigenvalue weighted by Crippen LogP contribution is -2.32. The number of rotatable bonds is 7. The summed E-state index contributed by atoms with van der Waals surface area (Å²) in [5.41, 5.74) is 10.3. The minimum Gasteiger partial charge on any atom is -0.394 e. The highest BCUT2D eigenvalue weighted by Crippen LogP contribution is 2.13. The molecule has 0 saturated carbocycles. The summed E-state index contributed by atoms with van der Waals surface area (Å²) in [7, 11) is 0. The fraction of sp³-hybridized carbons (Fsp3) is 0.417. The largest absolute Gasteiger partial charge is 0.394 e. The first-order valence-corrected chi connectivity index (χ1v) is 5.61. The standard InChI is InChI=1S/C12H21N5O/c1-5-16-12(10(14)9(13)11(15)18)17(6-2)7-8(3)4/h5-6,8,13H,2,7,14H2,1,3-4H3,(H2,15,18)/b12-10-,13-9?,16-5-. The van der Waals surface area contributed by atoms with Gasteiger partial charge in [0.1, 0.15) is 11.4 Å². The number of hydrogen-bond acceptors (Lipinski definition) is 5. The average molecular weight is 251 g/mol. The second kappa shape index (κ2) is 7.26. The molecule has 0 radical (unpaired) electrons. The minimum absolute atomic E-state index is 0.0545. The molecule has 5 N–H and O–H groups in total. The maximum Gasteiger partial charge on any atom is 0.268 e. The highest BCUT2D eigenvalue weighted by Gasteiger charge is 2.17. The Hall–Kier alpha value is -2.11. The lowest BCUT2D eigenvalue weighted by molar-refractivity contribution is -0.112. The third kappa shape index (κ3) is 4.40. The molecule has 0 aromatic heterocycles. The van der Waals surface area contributed by atoms with Crippen molar-refractivity contribution in [3.05, 3.63) is 24.3 Å². The van der Waals surface area contributed by atoms with E-state index in [2.05, 4.69) is 11.6 Å². The first-order valence-electron chi connectivity index (χ1n) is 5.61. The molecule has 0 saturated heterocycles. The zero-order valence-corrected chi connectivity index (χ0v) is 11.1. The molecular formula is C12H21N5O. The van der Waals surface area contributed by atoms with Gasteiger partial charge in [0.2, 0.25) is 0 Å². The molecule has 0 rings (SSSR count). The van der Waals surface area contributed by atoms with Crippen LogP contribution in [0.1, 0.15) is 20.8 Å². The van der Waals surface area contributed by atoms with Gasteiger partial charge in [-0.25, -0.2) is 4.99 Å². The molecule has 0 aromatic carbocycles. The molecule has 0 aromatic rings. The summed E-state index contributed by atoms with van der Waals surface area (Å²) in [6, 6.07) is 0. The lowest BCUT2D eigenvalue weighted by atomic mass is 10.2. The van der Waals surface area contributed by atoms with Gasteiger partial charge < -0.3 is 16.4 Å². The molecule has 0 aliphatic carbocycles. The third-order valence-electron chi connectivity index (χ3n) is 2.06. The first-order chi connectivity index (χ1) is 8.34. The van der Waals surface area contributed by atoms with Crippen LogP contribution in [-0.2, 0) is 4.79 Å². The van der Waals surface area contributed by atoms with Crippen LogP contribution in [0.3, 0.4) is 0 Å². The van der Waals surface area contributed by atoms with Gasteiger partial charge in [-0.1, -0.05) is 20.4 Å². The van der Waals surface area contributed by atoms with Gasteiger partial charge in [0.25, 0.3) is 5.91 Å². The van der Waals surface area contributed by atoms with Crippen molar-refractivity contribution < 1.29 is 4.79 Å². The van der Waals surface area contributed by atoms with E-state index in [4.69, 9.17) is 16.9 Å². The van der Waals surface area contributed by atoms with Gasteiger partial charge in [-0.3, -0.25) is 10.2 Å². The van der Waals surface area contributed by atoms with Crippen LogP contribution in [0.5, 0.6) is 0 Å². The van der Waals surface area contributed by atoms with Gasteiger partial charge in [-0.05, 0) is 19.0 Å². The topological polar surface area (TPSA) is 109 Å². The number of carbonyl (C=O) groups excluding carboxylic acids is 1. The number of nitrogens with two attached hydrogens (primary N) is 2. The first kappa shape index (κ1) is 15.9. The molecule has 100 valence electrons. The smallest absolute Gasteiger partial charge is 0.268 e. The Morgan fingerprint density at radius 1 is 1.50 bits per heavy atom. The molecular weight excluding hydrogens is 230 g/mol. The Labute approximate surface area is 108 Å². The van der Waals surface area contributed by atoms with E-state index in [9.17, 15) is 4.79 Å². The summed E-state index contributed by atoms with van der Waals surface area (Å²) in [4.78, 5) is 16.7. The van der Waals surface area contributed by atoms with Crippen molar-refractivity contribution in [2.24, 2.45) is 22.4 Å². The number of nitrogens with one attached hydrogen (secondary N) is 1. The van der Waals surface area contributed by atoms with Crippen molar-refractivity contribution in [2.75, 3.05) is 6.54 Å². The van der Waals surface area contributed by atoms with Gasteiger partial charge in [-0.2, -0.15) is 0 Å². The van der Waals surface area contributed by atoms with Crippen LogP contribution < -0.4 is 11.5 Å². The Bertz CT molecular complexity index is 395. The van der Waals surface area contributed by atoms with Crippen molar-refractivity contribution in [2.45, 2.75) is 20.8 Å². The van der Waals surface area contributed by atoms with E-state index in [-0.39, 0.29) is 5.70 Å². The third-order valence-corrected chi connectivity index (χ3v) is 2.06.